The lowest BCUT2D eigenvalue weighted by atomic mass is 9.99. The van der Waals surface area contributed by atoms with Gasteiger partial charge >= 0.3 is 0 Å². The van der Waals surface area contributed by atoms with Gasteiger partial charge in [0.25, 0.3) is 0 Å². The average molecular weight is 780 g/mol. The van der Waals surface area contributed by atoms with Crippen LogP contribution in [-0.2, 0) is 14.3 Å². The Morgan fingerprint density at radius 2 is 1.04 bits per heavy atom. The molecule has 322 valence electrons. The Hall–Kier alpha value is -1.59. The van der Waals surface area contributed by atoms with Gasteiger partial charge in [-0.25, -0.2) is 0 Å². The van der Waals surface area contributed by atoms with E-state index in [1.54, 1.807) is 6.08 Å². The summed E-state index contributed by atoms with van der Waals surface area (Å²) < 4.78 is 11.0. The molecule has 0 aromatic rings. The zero-order valence-electron chi connectivity index (χ0n) is 35.2. The van der Waals surface area contributed by atoms with Crippen LogP contribution in [0.4, 0.5) is 0 Å². The number of carbonyl (C=O) groups is 1. The van der Waals surface area contributed by atoms with Gasteiger partial charge in [0.05, 0.1) is 25.4 Å². The van der Waals surface area contributed by atoms with Crippen LogP contribution in [0.2, 0.25) is 0 Å². The zero-order chi connectivity index (χ0) is 40.2. The molecule has 0 spiro atoms. The van der Waals surface area contributed by atoms with Crippen molar-refractivity contribution in [2.45, 2.75) is 236 Å². The van der Waals surface area contributed by atoms with Gasteiger partial charge in [0.2, 0.25) is 5.91 Å². The predicted octanol–water partition coefficient (Wildman–Crippen LogP) is 9.28. The van der Waals surface area contributed by atoms with Crippen LogP contribution in [-0.4, -0.2) is 87.5 Å². The van der Waals surface area contributed by atoms with E-state index in [4.69, 9.17) is 9.47 Å². The molecule has 7 unspecified atom stereocenters. The van der Waals surface area contributed by atoms with Gasteiger partial charge in [-0.05, 0) is 44.9 Å². The summed E-state index contributed by atoms with van der Waals surface area (Å²) >= 11 is 0. The fourth-order valence-electron chi connectivity index (χ4n) is 7.06. The van der Waals surface area contributed by atoms with Crippen LogP contribution < -0.4 is 5.32 Å². The number of allylic oxidation sites excluding steroid dienone is 5. The first kappa shape index (κ1) is 51.4. The minimum atomic E-state index is -1.57. The van der Waals surface area contributed by atoms with E-state index in [1.807, 2.05) is 13.0 Å². The molecule has 9 heteroatoms. The molecule has 9 nitrogen and oxygen atoms in total. The van der Waals surface area contributed by atoms with E-state index in [-0.39, 0.29) is 18.9 Å². The Kier molecular flexibility index (Phi) is 34.3. The number of hydrogen-bond donors (Lipinski definition) is 6. The van der Waals surface area contributed by atoms with Crippen molar-refractivity contribution in [3.63, 3.8) is 0 Å². The van der Waals surface area contributed by atoms with Gasteiger partial charge < -0.3 is 40.3 Å². The summed E-state index contributed by atoms with van der Waals surface area (Å²) in [5, 5.41) is 53.2. The Bertz CT molecular complexity index is 956. The largest absolute Gasteiger partial charge is 0.394 e. The molecular weight excluding hydrogens is 695 g/mol. The quantitative estimate of drug-likeness (QED) is 0.0270. The van der Waals surface area contributed by atoms with Crippen molar-refractivity contribution >= 4 is 5.91 Å². The molecule has 1 fully saturated rings. The first-order valence-electron chi connectivity index (χ1n) is 22.7. The number of amides is 1. The first-order chi connectivity index (χ1) is 26.8. The minimum Gasteiger partial charge on any atom is -0.394 e. The lowest BCUT2D eigenvalue weighted by Crippen LogP contribution is -2.60. The van der Waals surface area contributed by atoms with E-state index in [0.717, 1.165) is 25.7 Å². The predicted molar refractivity (Wildman–Crippen MR) is 226 cm³/mol. The lowest BCUT2D eigenvalue weighted by Gasteiger charge is -2.40. The highest BCUT2D eigenvalue weighted by molar-refractivity contribution is 5.76. The maximum atomic E-state index is 12.3. The molecule has 1 rings (SSSR count). The normalized spacial score (nSPS) is 21.6. The number of carbonyl (C=O) groups excluding carboxylic acids is 1. The highest BCUT2D eigenvalue weighted by Crippen LogP contribution is 2.22. The van der Waals surface area contributed by atoms with Gasteiger partial charge in [-0.1, -0.05) is 179 Å². The molecule has 0 saturated carbocycles. The summed E-state index contributed by atoms with van der Waals surface area (Å²) in [6.45, 7) is 3.39. The van der Waals surface area contributed by atoms with Crippen LogP contribution in [0.5, 0.6) is 0 Å². The van der Waals surface area contributed by atoms with Crippen LogP contribution in [0.25, 0.3) is 0 Å². The molecule has 0 radical (unpaired) electrons. The summed E-state index contributed by atoms with van der Waals surface area (Å²) in [6, 6.07) is -0.821. The molecule has 1 aliphatic heterocycles. The van der Waals surface area contributed by atoms with Gasteiger partial charge in [-0.15, -0.1) is 0 Å². The van der Waals surface area contributed by atoms with Crippen molar-refractivity contribution in [2.24, 2.45) is 0 Å². The highest BCUT2D eigenvalue weighted by Gasteiger charge is 2.44. The third-order valence-electron chi connectivity index (χ3n) is 10.7. The number of aliphatic hydroxyl groups is 5. The summed E-state index contributed by atoms with van der Waals surface area (Å²) in [7, 11) is 0. The van der Waals surface area contributed by atoms with Gasteiger partial charge in [0.1, 0.15) is 24.4 Å². The number of aliphatic hydroxyl groups excluding tert-OH is 5. The van der Waals surface area contributed by atoms with Gasteiger partial charge in [-0.3, -0.25) is 4.79 Å². The molecule has 0 bridgehead atoms. The van der Waals surface area contributed by atoms with E-state index in [1.165, 1.54) is 141 Å². The molecule has 1 heterocycles. The lowest BCUT2D eigenvalue weighted by molar-refractivity contribution is -0.302. The maximum absolute atomic E-state index is 12.3. The van der Waals surface area contributed by atoms with Crippen LogP contribution in [0.3, 0.4) is 0 Å². The van der Waals surface area contributed by atoms with Gasteiger partial charge in [0, 0.05) is 6.42 Å². The molecular formula is C46H85NO8. The van der Waals surface area contributed by atoms with Crippen LogP contribution in [0.15, 0.2) is 36.5 Å². The summed E-state index contributed by atoms with van der Waals surface area (Å²) in [5.41, 5.74) is 0. The first-order valence-corrected chi connectivity index (χ1v) is 22.7. The number of ether oxygens (including phenoxy) is 2. The van der Waals surface area contributed by atoms with Crippen molar-refractivity contribution in [1.29, 1.82) is 0 Å². The molecule has 0 aromatic carbocycles. The van der Waals surface area contributed by atoms with Crippen molar-refractivity contribution in [3.05, 3.63) is 36.5 Å². The van der Waals surface area contributed by atoms with Gasteiger partial charge in [-0.2, -0.15) is 0 Å². The Morgan fingerprint density at radius 3 is 1.49 bits per heavy atom. The fraction of sp³-hybridized carbons (Fsp3) is 0.848. The Morgan fingerprint density at radius 1 is 0.600 bits per heavy atom. The zero-order valence-corrected chi connectivity index (χ0v) is 35.2. The molecule has 55 heavy (non-hydrogen) atoms. The van der Waals surface area contributed by atoms with Crippen molar-refractivity contribution in [2.75, 3.05) is 13.2 Å². The number of nitrogens with one attached hydrogen (secondary N) is 1. The van der Waals surface area contributed by atoms with Gasteiger partial charge in [0.15, 0.2) is 6.29 Å². The van der Waals surface area contributed by atoms with E-state index < -0.39 is 49.5 Å². The number of hydrogen-bond acceptors (Lipinski definition) is 8. The Balaban J connectivity index is 2.03. The second-order valence-electron chi connectivity index (χ2n) is 15.8. The summed E-state index contributed by atoms with van der Waals surface area (Å²) in [5.74, 6) is -0.245. The van der Waals surface area contributed by atoms with Crippen molar-refractivity contribution < 1.29 is 39.8 Å². The minimum absolute atomic E-state index is 0.212. The van der Waals surface area contributed by atoms with Crippen LogP contribution in [0, 0.1) is 0 Å². The molecule has 1 aliphatic rings. The third kappa shape index (κ3) is 27.6. The molecule has 0 aromatic heterocycles. The third-order valence-corrected chi connectivity index (χ3v) is 10.7. The summed E-state index contributed by atoms with van der Waals surface area (Å²) in [6.07, 6.45) is 39.7. The van der Waals surface area contributed by atoms with Crippen LogP contribution >= 0.6 is 0 Å². The van der Waals surface area contributed by atoms with E-state index in [2.05, 4.69) is 36.5 Å². The highest BCUT2D eigenvalue weighted by atomic mass is 16.7. The van der Waals surface area contributed by atoms with E-state index >= 15 is 0 Å². The number of unbranched alkanes of at least 4 members (excludes halogenated alkanes) is 23. The molecule has 6 N–H and O–H groups in total. The molecule has 1 saturated heterocycles. The topological polar surface area (TPSA) is 149 Å². The van der Waals surface area contributed by atoms with Crippen molar-refractivity contribution in [1.82, 2.24) is 5.32 Å². The SMILES string of the molecule is CCCCCCCCCCCCCCCCCCCCCCC/C=C/CC/C=C/CC/C=C/C(O)C(COC1OC(CO)C(O)C(O)C1O)NC(=O)CCC. The number of rotatable bonds is 37. The summed E-state index contributed by atoms with van der Waals surface area (Å²) in [4.78, 5) is 12.3. The van der Waals surface area contributed by atoms with E-state index in [9.17, 15) is 30.3 Å². The maximum Gasteiger partial charge on any atom is 0.220 e. The monoisotopic (exact) mass is 780 g/mol. The van der Waals surface area contributed by atoms with Crippen LogP contribution in [0.1, 0.15) is 194 Å². The average Bonchev–Trinajstić information content (AvgIpc) is 3.18. The molecule has 1 amide bonds. The second-order valence-corrected chi connectivity index (χ2v) is 15.8. The second kappa shape index (κ2) is 36.7. The molecule has 0 aliphatic carbocycles. The fourth-order valence-corrected chi connectivity index (χ4v) is 7.06. The Labute approximate surface area is 336 Å². The van der Waals surface area contributed by atoms with Crippen molar-refractivity contribution in [3.8, 4) is 0 Å². The van der Waals surface area contributed by atoms with E-state index in [0.29, 0.717) is 6.42 Å². The molecule has 7 atom stereocenters. The standard InChI is InChI=1S/C46H85NO8/c1-3-5-6-7-8-9-10-11-12-13-14-15-16-17-18-19-20-21-22-23-24-25-26-27-28-29-30-31-32-33-34-36-40(49)39(47-42(50)35-4-2)38-54-46-45(53)44(52)43(51)41(37-48)55-46/h26-27,30-31,34,36,39-41,43-46,48-49,51-53H,3-25,28-29,32-33,35,37-38H2,1-2H3,(H,47,50)/b27-26+,31-30+,36-34+. The smallest absolute Gasteiger partial charge is 0.220 e.